The van der Waals surface area contributed by atoms with E-state index in [1.165, 1.54) is 6.07 Å². The maximum atomic E-state index is 13.2. The van der Waals surface area contributed by atoms with Crippen LogP contribution >= 0.6 is 0 Å². The van der Waals surface area contributed by atoms with Gasteiger partial charge in [-0.2, -0.15) is 0 Å². The van der Waals surface area contributed by atoms with E-state index in [2.05, 4.69) is 26.1 Å². The van der Waals surface area contributed by atoms with Crippen molar-refractivity contribution in [1.29, 1.82) is 0 Å². The van der Waals surface area contributed by atoms with Crippen molar-refractivity contribution in [2.75, 3.05) is 19.8 Å². The lowest BCUT2D eigenvalue weighted by atomic mass is 9.98. The highest BCUT2D eigenvalue weighted by atomic mass is 19.1. The Bertz CT molecular complexity index is 373. The standard InChI is InChI=1S/C16H26FNO/c1-5-19-12-14(11-18-16(2,3)4)9-13-7-6-8-15(17)10-13/h6-8,10,14,18H,5,9,11-12H2,1-4H3. The van der Waals surface area contributed by atoms with Crippen LogP contribution in [-0.2, 0) is 11.2 Å². The molecule has 1 rings (SSSR count). The highest BCUT2D eigenvalue weighted by molar-refractivity contribution is 5.17. The molecule has 0 aromatic heterocycles. The average molecular weight is 267 g/mol. The first kappa shape index (κ1) is 16.1. The largest absolute Gasteiger partial charge is 0.381 e. The van der Waals surface area contributed by atoms with Crippen LogP contribution in [0.4, 0.5) is 4.39 Å². The molecule has 108 valence electrons. The number of hydrogen-bond acceptors (Lipinski definition) is 2. The van der Waals surface area contributed by atoms with Crippen LogP contribution in [-0.4, -0.2) is 25.3 Å². The lowest BCUT2D eigenvalue weighted by molar-refractivity contribution is 0.107. The van der Waals surface area contributed by atoms with Crippen LogP contribution in [0.1, 0.15) is 33.3 Å². The summed E-state index contributed by atoms with van der Waals surface area (Å²) in [4.78, 5) is 0. The molecular weight excluding hydrogens is 241 g/mol. The highest BCUT2D eigenvalue weighted by Gasteiger charge is 2.15. The monoisotopic (exact) mass is 267 g/mol. The molecule has 2 nitrogen and oxygen atoms in total. The molecule has 0 heterocycles. The summed E-state index contributed by atoms with van der Waals surface area (Å²) in [7, 11) is 0. The number of halogens is 1. The third-order valence-corrected chi connectivity index (χ3v) is 2.89. The molecule has 19 heavy (non-hydrogen) atoms. The van der Waals surface area contributed by atoms with E-state index in [0.717, 1.165) is 25.1 Å². The van der Waals surface area contributed by atoms with Crippen molar-refractivity contribution >= 4 is 0 Å². The van der Waals surface area contributed by atoms with E-state index >= 15 is 0 Å². The van der Waals surface area contributed by atoms with Crippen molar-refractivity contribution in [2.45, 2.75) is 39.7 Å². The van der Waals surface area contributed by atoms with Crippen LogP contribution < -0.4 is 5.32 Å². The van der Waals surface area contributed by atoms with Gasteiger partial charge in [0.25, 0.3) is 0 Å². The van der Waals surface area contributed by atoms with Gasteiger partial charge in [0.05, 0.1) is 6.61 Å². The summed E-state index contributed by atoms with van der Waals surface area (Å²) in [5.41, 5.74) is 1.12. The summed E-state index contributed by atoms with van der Waals surface area (Å²) < 4.78 is 18.7. The van der Waals surface area contributed by atoms with Crippen LogP contribution in [0.5, 0.6) is 0 Å². The molecule has 0 radical (unpaired) electrons. The lowest BCUT2D eigenvalue weighted by Crippen LogP contribution is -2.40. The molecule has 0 bridgehead atoms. The van der Waals surface area contributed by atoms with E-state index in [0.29, 0.717) is 12.5 Å². The van der Waals surface area contributed by atoms with Gasteiger partial charge in [-0.1, -0.05) is 12.1 Å². The number of ether oxygens (including phenoxy) is 1. The summed E-state index contributed by atoms with van der Waals surface area (Å²) in [5, 5.41) is 3.49. The first-order valence-electron chi connectivity index (χ1n) is 6.98. The smallest absolute Gasteiger partial charge is 0.123 e. The predicted octanol–water partition coefficient (Wildman–Crippen LogP) is 3.41. The molecule has 0 aliphatic heterocycles. The Morgan fingerprint density at radius 1 is 1.32 bits per heavy atom. The third-order valence-electron chi connectivity index (χ3n) is 2.89. The molecule has 1 N–H and O–H groups in total. The van der Waals surface area contributed by atoms with E-state index in [4.69, 9.17) is 4.74 Å². The second kappa shape index (κ2) is 7.61. The van der Waals surface area contributed by atoms with Gasteiger partial charge in [0, 0.05) is 18.7 Å². The van der Waals surface area contributed by atoms with Crippen molar-refractivity contribution in [2.24, 2.45) is 5.92 Å². The van der Waals surface area contributed by atoms with Crippen LogP contribution in [0.25, 0.3) is 0 Å². The van der Waals surface area contributed by atoms with Gasteiger partial charge >= 0.3 is 0 Å². The van der Waals surface area contributed by atoms with Crippen molar-refractivity contribution in [3.63, 3.8) is 0 Å². The maximum Gasteiger partial charge on any atom is 0.123 e. The Kier molecular flexibility index (Phi) is 6.46. The third kappa shape index (κ3) is 7.28. The van der Waals surface area contributed by atoms with E-state index in [-0.39, 0.29) is 11.4 Å². The van der Waals surface area contributed by atoms with Gasteiger partial charge in [0.15, 0.2) is 0 Å². The van der Waals surface area contributed by atoms with Gasteiger partial charge in [-0.3, -0.25) is 0 Å². The van der Waals surface area contributed by atoms with Crippen LogP contribution in [0, 0.1) is 11.7 Å². The fraction of sp³-hybridized carbons (Fsp3) is 0.625. The highest BCUT2D eigenvalue weighted by Crippen LogP contribution is 2.12. The Morgan fingerprint density at radius 3 is 2.63 bits per heavy atom. The fourth-order valence-corrected chi connectivity index (χ4v) is 1.92. The molecule has 0 spiro atoms. The Morgan fingerprint density at radius 2 is 2.05 bits per heavy atom. The first-order chi connectivity index (χ1) is 8.90. The van der Waals surface area contributed by atoms with E-state index in [1.807, 2.05) is 13.0 Å². The summed E-state index contributed by atoms with van der Waals surface area (Å²) in [6.45, 7) is 10.7. The molecule has 0 amide bonds. The maximum absolute atomic E-state index is 13.2. The van der Waals surface area contributed by atoms with E-state index < -0.39 is 0 Å². The van der Waals surface area contributed by atoms with Crippen LogP contribution in [0.2, 0.25) is 0 Å². The zero-order valence-corrected chi connectivity index (χ0v) is 12.5. The molecule has 1 atom stereocenters. The summed E-state index contributed by atoms with van der Waals surface area (Å²) in [6.07, 6.45) is 0.834. The average Bonchev–Trinajstić information content (AvgIpc) is 2.31. The van der Waals surface area contributed by atoms with Gasteiger partial charge in [-0.05, 0) is 57.7 Å². The van der Waals surface area contributed by atoms with Gasteiger partial charge in [0.1, 0.15) is 5.82 Å². The first-order valence-corrected chi connectivity index (χ1v) is 6.98. The molecule has 0 fully saturated rings. The van der Waals surface area contributed by atoms with Gasteiger partial charge in [-0.15, -0.1) is 0 Å². The van der Waals surface area contributed by atoms with E-state index in [1.54, 1.807) is 12.1 Å². The van der Waals surface area contributed by atoms with Gasteiger partial charge < -0.3 is 10.1 Å². The van der Waals surface area contributed by atoms with Crippen molar-refractivity contribution in [3.8, 4) is 0 Å². The minimum atomic E-state index is -0.170. The zero-order valence-electron chi connectivity index (χ0n) is 12.5. The Balaban J connectivity index is 2.58. The molecule has 0 aliphatic carbocycles. The van der Waals surface area contributed by atoms with Crippen LogP contribution in [0.3, 0.4) is 0 Å². The van der Waals surface area contributed by atoms with Crippen molar-refractivity contribution < 1.29 is 9.13 Å². The normalized spacial score (nSPS) is 13.5. The second-order valence-corrected chi connectivity index (χ2v) is 5.99. The van der Waals surface area contributed by atoms with Crippen LogP contribution in [0.15, 0.2) is 24.3 Å². The van der Waals surface area contributed by atoms with E-state index in [9.17, 15) is 4.39 Å². The Labute approximate surface area is 116 Å². The second-order valence-electron chi connectivity index (χ2n) is 5.99. The molecule has 3 heteroatoms. The zero-order chi connectivity index (χ0) is 14.3. The molecular formula is C16H26FNO. The number of rotatable bonds is 7. The molecule has 0 saturated carbocycles. The molecule has 1 aromatic rings. The quantitative estimate of drug-likeness (QED) is 0.817. The van der Waals surface area contributed by atoms with Gasteiger partial charge in [-0.25, -0.2) is 4.39 Å². The number of hydrogen-bond donors (Lipinski definition) is 1. The molecule has 0 saturated heterocycles. The summed E-state index contributed by atoms with van der Waals surface area (Å²) >= 11 is 0. The Hall–Kier alpha value is -0.930. The number of nitrogens with one attached hydrogen (secondary N) is 1. The van der Waals surface area contributed by atoms with Crippen molar-refractivity contribution in [3.05, 3.63) is 35.6 Å². The molecule has 1 aromatic carbocycles. The molecule has 0 aliphatic rings. The minimum Gasteiger partial charge on any atom is -0.381 e. The number of benzene rings is 1. The fourth-order valence-electron chi connectivity index (χ4n) is 1.92. The predicted molar refractivity (Wildman–Crippen MR) is 77.8 cm³/mol. The van der Waals surface area contributed by atoms with Gasteiger partial charge in [0.2, 0.25) is 0 Å². The summed E-state index contributed by atoms with van der Waals surface area (Å²) in [5.74, 6) is 0.192. The lowest BCUT2D eigenvalue weighted by Gasteiger charge is -2.25. The minimum absolute atomic E-state index is 0.0897. The topological polar surface area (TPSA) is 21.3 Å². The summed E-state index contributed by atoms with van der Waals surface area (Å²) in [6, 6.07) is 6.82. The van der Waals surface area contributed by atoms with Crippen molar-refractivity contribution in [1.82, 2.24) is 5.32 Å². The molecule has 1 unspecified atom stereocenters. The SMILES string of the molecule is CCOCC(CNC(C)(C)C)Cc1cccc(F)c1.